The zero-order valence-corrected chi connectivity index (χ0v) is 18.3. The molecule has 0 aliphatic heterocycles. The van der Waals surface area contributed by atoms with E-state index in [0.29, 0.717) is 22.3 Å². The average molecular weight is 457 g/mol. The number of carbonyl (C=O) groups is 3. The molecule has 0 unspecified atom stereocenters. The van der Waals surface area contributed by atoms with Crippen LogP contribution in [0.5, 0.6) is 0 Å². The molecule has 0 bridgehead atoms. The van der Waals surface area contributed by atoms with Crippen LogP contribution in [0.3, 0.4) is 0 Å². The van der Waals surface area contributed by atoms with E-state index in [9.17, 15) is 19.2 Å². The third-order valence-corrected chi connectivity index (χ3v) is 5.13. The Morgan fingerprint density at radius 1 is 0.765 bits per heavy atom. The Morgan fingerprint density at radius 2 is 1.38 bits per heavy atom. The lowest BCUT2D eigenvalue weighted by molar-refractivity contribution is 0.0599. The van der Waals surface area contributed by atoms with Crippen LogP contribution in [-0.4, -0.2) is 32.1 Å². The van der Waals surface area contributed by atoms with E-state index < -0.39 is 23.5 Å². The second-order valence-electron chi connectivity index (χ2n) is 7.30. The maximum atomic E-state index is 12.8. The highest BCUT2D eigenvalue weighted by Crippen LogP contribution is 2.22. The predicted octanol–water partition coefficient (Wildman–Crippen LogP) is 4.29. The van der Waals surface area contributed by atoms with Crippen LogP contribution >= 0.6 is 0 Å². The highest BCUT2D eigenvalue weighted by molar-refractivity contribution is 6.06. The summed E-state index contributed by atoms with van der Waals surface area (Å²) in [5.41, 5.74) is 1.66. The lowest BCUT2D eigenvalue weighted by atomic mass is 10.0. The molecular formula is C26H19NO7. The fourth-order valence-corrected chi connectivity index (χ4v) is 3.44. The smallest absolute Gasteiger partial charge is 0.344 e. The van der Waals surface area contributed by atoms with Gasteiger partial charge in [-0.1, -0.05) is 30.3 Å². The number of rotatable bonds is 5. The molecule has 4 rings (SSSR count). The van der Waals surface area contributed by atoms with Crippen molar-refractivity contribution in [3.63, 3.8) is 0 Å². The van der Waals surface area contributed by atoms with Gasteiger partial charge in [0.2, 0.25) is 0 Å². The Balaban J connectivity index is 1.60. The van der Waals surface area contributed by atoms with Crippen LogP contribution in [0.2, 0.25) is 0 Å². The van der Waals surface area contributed by atoms with Crippen LogP contribution < -0.4 is 10.9 Å². The second kappa shape index (κ2) is 9.41. The molecular weight excluding hydrogens is 438 g/mol. The van der Waals surface area contributed by atoms with Gasteiger partial charge in [-0.2, -0.15) is 0 Å². The van der Waals surface area contributed by atoms with Gasteiger partial charge in [0, 0.05) is 16.6 Å². The SMILES string of the molecule is COC(=O)c1cc(NC(=O)c2ccc(-c3cc4ccccc4oc3=O)cc2)cc(C(=O)OC)c1. The zero-order chi connectivity index (χ0) is 24.2. The lowest BCUT2D eigenvalue weighted by Crippen LogP contribution is -2.14. The fourth-order valence-electron chi connectivity index (χ4n) is 3.44. The molecule has 0 aliphatic rings. The summed E-state index contributed by atoms with van der Waals surface area (Å²) in [6, 6.07) is 19.4. The molecule has 34 heavy (non-hydrogen) atoms. The third-order valence-electron chi connectivity index (χ3n) is 5.13. The number of hydrogen-bond donors (Lipinski definition) is 1. The number of hydrogen-bond acceptors (Lipinski definition) is 7. The van der Waals surface area contributed by atoms with Gasteiger partial charge >= 0.3 is 17.6 Å². The first-order chi connectivity index (χ1) is 16.4. The van der Waals surface area contributed by atoms with Gasteiger partial charge in [-0.05, 0) is 48.0 Å². The van der Waals surface area contributed by atoms with E-state index >= 15 is 0 Å². The van der Waals surface area contributed by atoms with Gasteiger partial charge in [0.05, 0.1) is 30.9 Å². The number of amides is 1. The molecule has 0 aliphatic carbocycles. The molecule has 0 fully saturated rings. The highest BCUT2D eigenvalue weighted by Gasteiger charge is 2.16. The van der Waals surface area contributed by atoms with E-state index in [1.807, 2.05) is 12.1 Å². The minimum Gasteiger partial charge on any atom is -0.465 e. The van der Waals surface area contributed by atoms with E-state index in [-0.39, 0.29) is 16.8 Å². The van der Waals surface area contributed by atoms with Crippen LogP contribution in [0, 0.1) is 0 Å². The van der Waals surface area contributed by atoms with Crippen molar-refractivity contribution >= 4 is 34.5 Å². The summed E-state index contributed by atoms with van der Waals surface area (Å²) in [4.78, 5) is 49.1. The summed E-state index contributed by atoms with van der Waals surface area (Å²) in [7, 11) is 2.42. The molecule has 1 heterocycles. The Hall–Kier alpha value is -4.72. The number of esters is 2. The van der Waals surface area contributed by atoms with Crippen molar-refractivity contribution in [2.45, 2.75) is 0 Å². The number of methoxy groups -OCH3 is 2. The van der Waals surface area contributed by atoms with Crippen molar-refractivity contribution in [2.24, 2.45) is 0 Å². The van der Waals surface area contributed by atoms with Crippen molar-refractivity contribution < 1.29 is 28.3 Å². The van der Waals surface area contributed by atoms with Crippen molar-refractivity contribution in [1.82, 2.24) is 0 Å². The van der Waals surface area contributed by atoms with Gasteiger partial charge in [-0.15, -0.1) is 0 Å². The van der Waals surface area contributed by atoms with E-state index in [1.54, 1.807) is 42.5 Å². The van der Waals surface area contributed by atoms with Crippen LogP contribution in [0.1, 0.15) is 31.1 Å². The molecule has 0 saturated heterocycles. The van der Waals surface area contributed by atoms with E-state index in [0.717, 1.165) is 5.39 Å². The first-order valence-corrected chi connectivity index (χ1v) is 10.2. The van der Waals surface area contributed by atoms with Gasteiger partial charge in [0.15, 0.2) is 0 Å². The highest BCUT2D eigenvalue weighted by atomic mass is 16.5. The zero-order valence-electron chi connectivity index (χ0n) is 18.3. The van der Waals surface area contributed by atoms with E-state index in [2.05, 4.69) is 5.32 Å². The Bertz CT molecular complexity index is 1430. The topological polar surface area (TPSA) is 112 Å². The number of fused-ring (bicyclic) bond motifs is 1. The number of nitrogens with one attached hydrogen (secondary N) is 1. The third kappa shape index (κ3) is 4.56. The average Bonchev–Trinajstić information content (AvgIpc) is 2.87. The van der Waals surface area contributed by atoms with Gasteiger partial charge in [0.1, 0.15) is 5.58 Å². The molecule has 1 amide bonds. The number of ether oxygens (including phenoxy) is 2. The van der Waals surface area contributed by atoms with Crippen LogP contribution in [0.15, 0.2) is 82.0 Å². The number of carbonyl (C=O) groups excluding carboxylic acids is 3. The van der Waals surface area contributed by atoms with Gasteiger partial charge in [-0.3, -0.25) is 4.79 Å². The molecule has 8 nitrogen and oxygen atoms in total. The molecule has 0 radical (unpaired) electrons. The summed E-state index contributed by atoms with van der Waals surface area (Å²) >= 11 is 0. The summed E-state index contributed by atoms with van der Waals surface area (Å²) in [6.45, 7) is 0. The van der Waals surface area contributed by atoms with Crippen molar-refractivity contribution in [1.29, 1.82) is 0 Å². The first-order valence-electron chi connectivity index (χ1n) is 10.2. The molecule has 4 aromatic rings. The minimum atomic E-state index is -0.667. The molecule has 0 spiro atoms. The molecule has 0 saturated carbocycles. The van der Waals surface area contributed by atoms with Crippen LogP contribution in [0.4, 0.5) is 5.69 Å². The molecule has 8 heteroatoms. The normalized spacial score (nSPS) is 10.5. The lowest BCUT2D eigenvalue weighted by Gasteiger charge is -2.10. The maximum absolute atomic E-state index is 12.8. The number of benzene rings is 3. The van der Waals surface area contributed by atoms with Crippen molar-refractivity contribution in [2.75, 3.05) is 19.5 Å². The van der Waals surface area contributed by atoms with Crippen molar-refractivity contribution in [3.05, 3.63) is 99.9 Å². The fraction of sp³-hybridized carbons (Fsp3) is 0.0769. The quantitative estimate of drug-likeness (QED) is 0.352. The van der Waals surface area contributed by atoms with Crippen molar-refractivity contribution in [3.8, 4) is 11.1 Å². The van der Waals surface area contributed by atoms with Gasteiger partial charge in [0.25, 0.3) is 5.91 Å². The number of para-hydroxylation sites is 1. The van der Waals surface area contributed by atoms with E-state index in [1.165, 1.54) is 32.4 Å². The summed E-state index contributed by atoms with van der Waals surface area (Å²) in [5.74, 6) is -1.81. The van der Waals surface area contributed by atoms with E-state index in [4.69, 9.17) is 13.9 Å². The monoisotopic (exact) mass is 457 g/mol. The molecule has 0 atom stereocenters. The molecule has 3 aromatic carbocycles. The van der Waals surface area contributed by atoms with Gasteiger partial charge < -0.3 is 19.2 Å². The molecule has 170 valence electrons. The number of anilines is 1. The Morgan fingerprint density at radius 3 is 2.00 bits per heavy atom. The standard InChI is InChI=1S/C26H19NO7/c1-32-24(29)18-11-19(25(30)33-2)13-20(12-18)27-23(28)16-9-7-15(8-10-16)21-14-17-5-3-4-6-22(17)34-26(21)31/h3-14H,1-2H3,(H,27,28). The summed E-state index contributed by atoms with van der Waals surface area (Å²) < 4.78 is 14.8. The predicted molar refractivity (Wildman–Crippen MR) is 125 cm³/mol. The summed E-state index contributed by atoms with van der Waals surface area (Å²) in [6.07, 6.45) is 0. The van der Waals surface area contributed by atoms with Crippen LogP contribution in [-0.2, 0) is 9.47 Å². The largest absolute Gasteiger partial charge is 0.465 e. The van der Waals surface area contributed by atoms with Gasteiger partial charge in [-0.25, -0.2) is 14.4 Å². The molecule has 1 aromatic heterocycles. The second-order valence-corrected chi connectivity index (χ2v) is 7.30. The minimum absolute atomic E-state index is 0.0825. The first kappa shape index (κ1) is 22.5. The Kier molecular flexibility index (Phi) is 6.22. The Labute approximate surface area is 193 Å². The molecule has 1 N–H and O–H groups in total. The van der Waals surface area contributed by atoms with Crippen LogP contribution in [0.25, 0.3) is 22.1 Å². The summed E-state index contributed by atoms with van der Waals surface area (Å²) in [5, 5.41) is 3.44. The maximum Gasteiger partial charge on any atom is 0.344 e.